The Morgan fingerprint density at radius 2 is 2.35 bits per heavy atom. The number of benzene rings is 1. The Labute approximate surface area is 124 Å². The van der Waals surface area contributed by atoms with Crippen molar-refractivity contribution in [2.45, 2.75) is 26.2 Å². The summed E-state index contributed by atoms with van der Waals surface area (Å²) in [5.74, 6) is 1.24. The Balaban J connectivity index is 1.94. The van der Waals surface area contributed by atoms with Gasteiger partial charge >= 0.3 is 0 Å². The van der Waals surface area contributed by atoms with Crippen molar-refractivity contribution in [3.8, 4) is 5.75 Å². The van der Waals surface area contributed by atoms with E-state index in [-0.39, 0.29) is 5.91 Å². The monoisotopic (exact) mass is 296 g/mol. The fraction of sp³-hybridized carbons (Fsp3) is 0.533. The highest BCUT2D eigenvalue weighted by Crippen LogP contribution is 2.31. The maximum absolute atomic E-state index is 12.0. The molecule has 20 heavy (non-hydrogen) atoms. The number of amides is 1. The highest BCUT2D eigenvalue weighted by atomic mass is 35.5. The third-order valence-corrected chi connectivity index (χ3v) is 4.10. The molecule has 1 aromatic carbocycles. The van der Waals surface area contributed by atoms with Crippen LogP contribution < -0.4 is 15.4 Å². The molecule has 1 fully saturated rings. The summed E-state index contributed by atoms with van der Waals surface area (Å²) in [6.45, 7) is 3.99. The van der Waals surface area contributed by atoms with Crippen LogP contribution in [-0.2, 0) is 4.79 Å². The van der Waals surface area contributed by atoms with Crippen LogP contribution in [-0.4, -0.2) is 26.1 Å². The molecule has 4 nitrogen and oxygen atoms in total. The standard InChI is InChI=1S/C15H21ClN2O2/c1-10-7-13(14(20-2)8-12(10)16)18-15(19)4-3-11-5-6-17-9-11/h7-8,11,17H,3-6,9H2,1-2H3,(H,18,19). The number of halogens is 1. The molecule has 5 heteroatoms. The van der Waals surface area contributed by atoms with Gasteiger partial charge in [-0.2, -0.15) is 0 Å². The Kier molecular flexibility index (Phi) is 5.26. The minimum atomic E-state index is 0.0249. The van der Waals surface area contributed by atoms with E-state index in [1.54, 1.807) is 13.2 Å². The number of aryl methyl sites for hydroxylation is 1. The Morgan fingerprint density at radius 3 is 3.00 bits per heavy atom. The summed E-state index contributed by atoms with van der Waals surface area (Å²) < 4.78 is 5.25. The molecule has 110 valence electrons. The summed E-state index contributed by atoms with van der Waals surface area (Å²) in [5.41, 5.74) is 1.60. The average Bonchev–Trinajstić information content (AvgIpc) is 2.93. The number of nitrogens with one attached hydrogen (secondary N) is 2. The highest BCUT2D eigenvalue weighted by molar-refractivity contribution is 6.31. The second-order valence-corrected chi connectivity index (χ2v) is 5.65. The maximum Gasteiger partial charge on any atom is 0.224 e. The number of ether oxygens (including phenoxy) is 1. The number of rotatable bonds is 5. The van der Waals surface area contributed by atoms with Crippen LogP contribution in [0.1, 0.15) is 24.8 Å². The van der Waals surface area contributed by atoms with Crippen molar-refractivity contribution in [3.63, 3.8) is 0 Å². The molecular weight excluding hydrogens is 276 g/mol. The normalized spacial score (nSPS) is 18.1. The zero-order valence-electron chi connectivity index (χ0n) is 12.0. The minimum absolute atomic E-state index is 0.0249. The van der Waals surface area contributed by atoms with Crippen LogP contribution in [0.15, 0.2) is 12.1 Å². The van der Waals surface area contributed by atoms with Crippen LogP contribution in [0.25, 0.3) is 0 Å². The van der Waals surface area contributed by atoms with Crippen LogP contribution >= 0.6 is 11.6 Å². The summed E-state index contributed by atoms with van der Waals surface area (Å²) >= 11 is 6.05. The predicted molar refractivity (Wildman–Crippen MR) is 81.6 cm³/mol. The molecule has 1 aromatic rings. The molecule has 2 rings (SSSR count). The quantitative estimate of drug-likeness (QED) is 0.878. The lowest BCUT2D eigenvalue weighted by atomic mass is 10.0. The van der Waals surface area contributed by atoms with E-state index in [9.17, 15) is 4.79 Å². The molecule has 1 saturated heterocycles. The molecule has 1 unspecified atom stereocenters. The molecule has 1 amide bonds. The summed E-state index contributed by atoms with van der Waals surface area (Å²) in [7, 11) is 1.57. The van der Waals surface area contributed by atoms with Crippen molar-refractivity contribution < 1.29 is 9.53 Å². The molecule has 1 atom stereocenters. The lowest BCUT2D eigenvalue weighted by Crippen LogP contribution is -2.15. The van der Waals surface area contributed by atoms with Crippen molar-refractivity contribution in [1.29, 1.82) is 0 Å². The van der Waals surface area contributed by atoms with Crippen LogP contribution in [0.4, 0.5) is 5.69 Å². The summed E-state index contributed by atoms with van der Waals surface area (Å²) in [6.07, 6.45) is 2.63. The van der Waals surface area contributed by atoms with Crippen LogP contribution in [0.2, 0.25) is 5.02 Å². The van der Waals surface area contributed by atoms with E-state index in [1.165, 1.54) is 0 Å². The van der Waals surface area contributed by atoms with Gasteiger partial charge in [-0.1, -0.05) is 11.6 Å². The van der Waals surface area contributed by atoms with Gasteiger partial charge in [-0.3, -0.25) is 4.79 Å². The van der Waals surface area contributed by atoms with E-state index in [0.29, 0.717) is 28.8 Å². The number of hydrogen-bond acceptors (Lipinski definition) is 3. The van der Waals surface area contributed by atoms with Crippen molar-refractivity contribution >= 4 is 23.2 Å². The van der Waals surface area contributed by atoms with Crippen molar-refractivity contribution in [2.75, 3.05) is 25.5 Å². The van der Waals surface area contributed by atoms with Gasteiger partial charge in [0.1, 0.15) is 5.75 Å². The molecule has 2 N–H and O–H groups in total. The molecule has 1 heterocycles. The molecule has 0 aromatic heterocycles. The Bertz CT molecular complexity index is 485. The fourth-order valence-corrected chi connectivity index (χ4v) is 2.59. The van der Waals surface area contributed by atoms with Crippen molar-refractivity contribution in [3.05, 3.63) is 22.7 Å². The Morgan fingerprint density at radius 1 is 1.55 bits per heavy atom. The van der Waals surface area contributed by atoms with E-state index in [2.05, 4.69) is 10.6 Å². The molecule has 0 aliphatic carbocycles. The summed E-state index contributed by atoms with van der Waals surface area (Å²) in [6, 6.07) is 3.57. The predicted octanol–water partition coefficient (Wildman–Crippen LogP) is 2.99. The first-order chi connectivity index (χ1) is 9.60. The van der Waals surface area contributed by atoms with Crippen molar-refractivity contribution in [1.82, 2.24) is 5.32 Å². The second-order valence-electron chi connectivity index (χ2n) is 5.25. The van der Waals surface area contributed by atoms with Gasteiger partial charge in [0.25, 0.3) is 0 Å². The zero-order chi connectivity index (χ0) is 14.5. The number of anilines is 1. The number of hydrogen-bond donors (Lipinski definition) is 2. The molecule has 1 aliphatic rings. The summed E-state index contributed by atoms with van der Waals surface area (Å²) in [5, 5.41) is 6.86. The minimum Gasteiger partial charge on any atom is -0.495 e. The lowest BCUT2D eigenvalue weighted by molar-refractivity contribution is -0.116. The fourth-order valence-electron chi connectivity index (χ4n) is 2.44. The van der Waals surface area contributed by atoms with Crippen molar-refractivity contribution in [2.24, 2.45) is 5.92 Å². The third-order valence-electron chi connectivity index (χ3n) is 3.70. The Hall–Kier alpha value is -1.26. The molecule has 0 spiro atoms. The molecule has 0 bridgehead atoms. The maximum atomic E-state index is 12.0. The smallest absolute Gasteiger partial charge is 0.224 e. The van der Waals surface area contributed by atoms with E-state index in [0.717, 1.165) is 31.5 Å². The average molecular weight is 297 g/mol. The van der Waals surface area contributed by atoms with E-state index in [4.69, 9.17) is 16.3 Å². The van der Waals surface area contributed by atoms with Gasteiger partial charge in [0.15, 0.2) is 0 Å². The topological polar surface area (TPSA) is 50.4 Å². The van der Waals surface area contributed by atoms with Gasteiger partial charge in [0, 0.05) is 17.5 Å². The van der Waals surface area contributed by atoms with Crippen LogP contribution in [0, 0.1) is 12.8 Å². The van der Waals surface area contributed by atoms with Crippen LogP contribution in [0.3, 0.4) is 0 Å². The highest BCUT2D eigenvalue weighted by Gasteiger charge is 2.16. The lowest BCUT2D eigenvalue weighted by Gasteiger charge is -2.13. The van der Waals surface area contributed by atoms with Gasteiger partial charge in [-0.25, -0.2) is 0 Å². The number of carbonyl (C=O) groups is 1. The van der Waals surface area contributed by atoms with E-state index >= 15 is 0 Å². The van der Waals surface area contributed by atoms with Gasteiger partial charge in [0.05, 0.1) is 12.8 Å². The number of carbonyl (C=O) groups excluding carboxylic acids is 1. The van der Waals surface area contributed by atoms with Gasteiger partial charge in [-0.15, -0.1) is 0 Å². The number of methoxy groups -OCH3 is 1. The first-order valence-electron chi connectivity index (χ1n) is 6.95. The molecular formula is C15H21ClN2O2. The molecule has 0 radical (unpaired) electrons. The van der Waals surface area contributed by atoms with Gasteiger partial charge in [-0.05, 0) is 50.4 Å². The summed E-state index contributed by atoms with van der Waals surface area (Å²) in [4.78, 5) is 12.0. The molecule has 0 saturated carbocycles. The van der Waals surface area contributed by atoms with Gasteiger partial charge < -0.3 is 15.4 Å². The second kappa shape index (κ2) is 6.95. The SMILES string of the molecule is COc1cc(Cl)c(C)cc1NC(=O)CCC1CCNC1. The third kappa shape index (κ3) is 3.87. The van der Waals surface area contributed by atoms with E-state index < -0.39 is 0 Å². The van der Waals surface area contributed by atoms with Crippen LogP contribution in [0.5, 0.6) is 5.75 Å². The van der Waals surface area contributed by atoms with E-state index in [1.807, 2.05) is 13.0 Å². The first kappa shape index (κ1) is 15.1. The van der Waals surface area contributed by atoms with Gasteiger partial charge in [0.2, 0.25) is 5.91 Å². The molecule has 1 aliphatic heterocycles. The largest absolute Gasteiger partial charge is 0.495 e. The first-order valence-corrected chi connectivity index (χ1v) is 7.32. The zero-order valence-corrected chi connectivity index (χ0v) is 12.7.